The van der Waals surface area contributed by atoms with Gasteiger partial charge in [0.15, 0.2) is 0 Å². The molecule has 0 saturated heterocycles. The van der Waals surface area contributed by atoms with Gasteiger partial charge in [-0.05, 0) is 51.9 Å². The van der Waals surface area contributed by atoms with E-state index < -0.39 is 6.10 Å². The first-order valence-electron chi connectivity index (χ1n) is 7.37. The molecule has 3 aromatic carbocycles. The van der Waals surface area contributed by atoms with E-state index in [1.165, 1.54) is 22.3 Å². The second-order valence-electron chi connectivity index (χ2n) is 5.70. The lowest BCUT2D eigenvalue weighted by Gasteiger charge is -2.13. The van der Waals surface area contributed by atoms with Crippen LogP contribution >= 0.6 is 15.9 Å². The maximum atomic E-state index is 10.6. The van der Waals surface area contributed by atoms with Crippen LogP contribution in [0.15, 0.2) is 71.2 Å². The average Bonchev–Trinajstić information content (AvgIpc) is 2.92. The molecule has 0 radical (unpaired) electrons. The van der Waals surface area contributed by atoms with E-state index in [-0.39, 0.29) is 0 Å². The minimum absolute atomic E-state index is 0.581. The zero-order valence-corrected chi connectivity index (χ0v) is 13.5. The molecule has 0 fully saturated rings. The lowest BCUT2D eigenvalue weighted by atomic mass is 9.97. The fourth-order valence-electron chi connectivity index (χ4n) is 3.17. The number of rotatable bonds is 2. The molecule has 1 N–H and O–H groups in total. The van der Waals surface area contributed by atoms with E-state index in [4.69, 9.17) is 0 Å². The molecule has 0 amide bonds. The van der Waals surface area contributed by atoms with Crippen LogP contribution in [-0.4, -0.2) is 5.11 Å². The third-order valence-electron chi connectivity index (χ3n) is 4.32. The van der Waals surface area contributed by atoms with Crippen LogP contribution in [0.3, 0.4) is 0 Å². The van der Waals surface area contributed by atoms with Crippen molar-refractivity contribution < 1.29 is 5.11 Å². The highest BCUT2D eigenvalue weighted by molar-refractivity contribution is 9.10. The lowest BCUT2D eigenvalue weighted by Crippen LogP contribution is -2.00. The molecule has 1 atom stereocenters. The molecule has 4 rings (SSSR count). The molecule has 0 heterocycles. The first-order valence-corrected chi connectivity index (χ1v) is 8.16. The summed E-state index contributed by atoms with van der Waals surface area (Å²) in [5.74, 6) is 0. The summed E-state index contributed by atoms with van der Waals surface area (Å²) < 4.78 is 1.02. The first kappa shape index (κ1) is 13.7. The molecular formula is C20H15BrO. The Bertz CT molecular complexity index is 837. The van der Waals surface area contributed by atoms with Crippen LogP contribution in [0.25, 0.3) is 11.1 Å². The van der Waals surface area contributed by atoms with Gasteiger partial charge in [0.1, 0.15) is 6.10 Å². The summed E-state index contributed by atoms with van der Waals surface area (Å²) in [6.45, 7) is 0. The monoisotopic (exact) mass is 350 g/mol. The SMILES string of the molecule is OC(c1ccc(Br)cc1)c1ccc2c(c1)Cc1ccccc1-2. The number of halogens is 1. The Kier molecular flexibility index (Phi) is 3.36. The summed E-state index contributed by atoms with van der Waals surface area (Å²) in [7, 11) is 0. The Morgan fingerprint density at radius 1 is 0.773 bits per heavy atom. The van der Waals surface area contributed by atoms with Gasteiger partial charge in [-0.15, -0.1) is 0 Å². The topological polar surface area (TPSA) is 20.2 Å². The van der Waals surface area contributed by atoms with Crippen LogP contribution < -0.4 is 0 Å². The lowest BCUT2D eigenvalue weighted by molar-refractivity contribution is 0.220. The predicted octanol–water partition coefficient (Wildman–Crippen LogP) is 5.10. The van der Waals surface area contributed by atoms with E-state index in [2.05, 4.69) is 52.3 Å². The Labute approximate surface area is 138 Å². The van der Waals surface area contributed by atoms with Gasteiger partial charge in [0.2, 0.25) is 0 Å². The highest BCUT2D eigenvalue weighted by atomic mass is 79.9. The molecule has 1 aliphatic carbocycles. The van der Waals surface area contributed by atoms with E-state index in [1.807, 2.05) is 30.3 Å². The van der Waals surface area contributed by atoms with Crippen molar-refractivity contribution >= 4 is 15.9 Å². The molecule has 0 aromatic heterocycles. The number of aliphatic hydroxyl groups is 1. The molecule has 0 bridgehead atoms. The molecule has 1 nitrogen and oxygen atoms in total. The zero-order chi connectivity index (χ0) is 15.1. The predicted molar refractivity (Wildman–Crippen MR) is 92.9 cm³/mol. The number of benzene rings is 3. The van der Waals surface area contributed by atoms with Crippen LogP contribution in [0.5, 0.6) is 0 Å². The van der Waals surface area contributed by atoms with Crippen LogP contribution in [0.4, 0.5) is 0 Å². The van der Waals surface area contributed by atoms with E-state index in [9.17, 15) is 5.11 Å². The summed E-state index contributed by atoms with van der Waals surface area (Å²) in [5.41, 5.74) is 7.15. The van der Waals surface area contributed by atoms with Crippen LogP contribution in [0, 0.1) is 0 Å². The van der Waals surface area contributed by atoms with Crippen LogP contribution in [0.2, 0.25) is 0 Å². The Morgan fingerprint density at radius 2 is 1.45 bits per heavy atom. The minimum atomic E-state index is -0.581. The normalized spacial score (nSPS) is 13.5. The van der Waals surface area contributed by atoms with E-state index in [1.54, 1.807) is 0 Å². The average molecular weight is 351 g/mol. The van der Waals surface area contributed by atoms with Gasteiger partial charge in [-0.2, -0.15) is 0 Å². The van der Waals surface area contributed by atoms with Crippen molar-refractivity contribution in [2.75, 3.05) is 0 Å². The summed E-state index contributed by atoms with van der Waals surface area (Å²) in [6.07, 6.45) is 0.369. The Morgan fingerprint density at radius 3 is 2.27 bits per heavy atom. The van der Waals surface area contributed by atoms with Crippen molar-refractivity contribution in [1.29, 1.82) is 0 Å². The van der Waals surface area contributed by atoms with Gasteiger partial charge in [-0.1, -0.05) is 70.5 Å². The van der Waals surface area contributed by atoms with Crippen LogP contribution in [0.1, 0.15) is 28.4 Å². The molecule has 0 aliphatic heterocycles. The van der Waals surface area contributed by atoms with Gasteiger partial charge in [-0.3, -0.25) is 0 Å². The van der Waals surface area contributed by atoms with Gasteiger partial charge in [-0.25, -0.2) is 0 Å². The second-order valence-corrected chi connectivity index (χ2v) is 6.62. The molecule has 0 spiro atoms. The van der Waals surface area contributed by atoms with Gasteiger partial charge in [0.25, 0.3) is 0 Å². The quantitative estimate of drug-likeness (QED) is 0.533. The Hall–Kier alpha value is -1.90. The summed E-state index contributed by atoms with van der Waals surface area (Å²) >= 11 is 3.43. The van der Waals surface area contributed by atoms with E-state index >= 15 is 0 Å². The van der Waals surface area contributed by atoms with Crippen molar-refractivity contribution in [1.82, 2.24) is 0 Å². The largest absolute Gasteiger partial charge is 0.384 e. The molecule has 3 aromatic rings. The number of fused-ring (bicyclic) bond motifs is 3. The number of aliphatic hydroxyl groups excluding tert-OH is 1. The van der Waals surface area contributed by atoms with Crippen molar-refractivity contribution in [3.8, 4) is 11.1 Å². The van der Waals surface area contributed by atoms with Crippen LogP contribution in [-0.2, 0) is 6.42 Å². The second kappa shape index (κ2) is 5.38. The summed E-state index contributed by atoms with van der Waals surface area (Å²) in [5, 5.41) is 10.6. The molecule has 22 heavy (non-hydrogen) atoms. The Balaban J connectivity index is 1.71. The zero-order valence-electron chi connectivity index (χ0n) is 12.0. The van der Waals surface area contributed by atoms with Crippen molar-refractivity contribution in [2.45, 2.75) is 12.5 Å². The molecule has 108 valence electrons. The molecule has 1 aliphatic rings. The molecule has 2 heteroatoms. The maximum Gasteiger partial charge on any atom is 0.104 e. The van der Waals surface area contributed by atoms with Gasteiger partial charge < -0.3 is 5.11 Å². The highest BCUT2D eigenvalue weighted by Crippen LogP contribution is 2.38. The van der Waals surface area contributed by atoms with Gasteiger partial charge in [0.05, 0.1) is 0 Å². The van der Waals surface area contributed by atoms with Crippen molar-refractivity contribution in [3.63, 3.8) is 0 Å². The molecule has 0 saturated carbocycles. The van der Waals surface area contributed by atoms with Crippen molar-refractivity contribution in [2.24, 2.45) is 0 Å². The highest BCUT2D eigenvalue weighted by Gasteiger charge is 2.20. The van der Waals surface area contributed by atoms with E-state index in [0.29, 0.717) is 0 Å². The van der Waals surface area contributed by atoms with E-state index in [0.717, 1.165) is 22.0 Å². The summed E-state index contributed by atoms with van der Waals surface area (Å²) in [4.78, 5) is 0. The number of hydrogen-bond acceptors (Lipinski definition) is 1. The fraction of sp³-hybridized carbons (Fsp3) is 0.100. The van der Waals surface area contributed by atoms with Gasteiger partial charge >= 0.3 is 0 Å². The summed E-state index contributed by atoms with van der Waals surface area (Å²) in [6, 6.07) is 22.7. The third kappa shape index (κ3) is 2.29. The first-order chi connectivity index (χ1) is 10.7. The van der Waals surface area contributed by atoms with Crippen molar-refractivity contribution in [3.05, 3.63) is 93.5 Å². The third-order valence-corrected chi connectivity index (χ3v) is 4.85. The fourth-order valence-corrected chi connectivity index (χ4v) is 3.44. The smallest absolute Gasteiger partial charge is 0.104 e. The minimum Gasteiger partial charge on any atom is -0.384 e. The molecular weight excluding hydrogens is 336 g/mol. The van der Waals surface area contributed by atoms with Gasteiger partial charge in [0, 0.05) is 4.47 Å². The standard InChI is InChI=1S/C20H15BrO/c21-17-8-5-13(6-9-17)20(22)15-7-10-19-16(12-15)11-14-3-1-2-4-18(14)19/h1-10,12,20,22H,11H2. The number of hydrogen-bond donors (Lipinski definition) is 1. The molecule has 1 unspecified atom stereocenters. The maximum absolute atomic E-state index is 10.6.